The normalized spacial score (nSPS) is 10.6. The number of nitrogens with one attached hydrogen (secondary N) is 2. The van der Waals surface area contributed by atoms with Crippen LogP contribution in [0.2, 0.25) is 10.0 Å². The predicted molar refractivity (Wildman–Crippen MR) is 104 cm³/mol. The van der Waals surface area contributed by atoms with E-state index in [9.17, 15) is 0 Å². The lowest BCUT2D eigenvalue weighted by Gasteiger charge is -1.87. The fourth-order valence-corrected chi connectivity index (χ4v) is 4.50. The van der Waals surface area contributed by atoms with Crippen molar-refractivity contribution in [2.45, 2.75) is 0 Å². The molecule has 0 radical (unpaired) electrons. The highest BCUT2D eigenvalue weighted by molar-refractivity contribution is 7.74. The topological polar surface area (TPSA) is 31.6 Å². The quantitative estimate of drug-likeness (QED) is 0.304. The molecule has 8 heteroatoms. The van der Waals surface area contributed by atoms with Gasteiger partial charge in [0, 0.05) is 10.0 Å². The molecule has 0 spiro atoms. The van der Waals surface area contributed by atoms with E-state index in [0.717, 1.165) is 38.4 Å². The molecule has 2 heterocycles. The van der Waals surface area contributed by atoms with Gasteiger partial charge in [0.1, 0.15) is 0 Å². The van der Waals surface area contributed by atoms with Crippen LogP contribution in [0.25, 0.3) is 20.4 Å². The van der Waals surface area contributed by atoms with Gasteiger partial charge in [-0.3, -0.25) is 0 Å². The summed E-state index contributed by atoms with van der Waals surface area (Å²) in [7, 11) is 0. The molecule has 2 nitrogen and oxygen atoms in total. The molecule has 4 aromatic rings. The standard InChI is InChI=1S/2C7H4ClNS2/c8-4-1-2-6-5(3-4)9-7(10)11-6;8-4-1-2-5-6(3-4)11-7(10)9-5/h2*1-3H,(H,9,10). The van der Waals surface area contributed by atoms with E-state index in [4.69, 9.17) is 47.6 Å². The third kappa shape index (κ3) is 3.76. The molecule has 2 N–H and O–H groups in total. The van der Waals surface area contributed by atoms with E-state index in [2.05, 4.69) is 9.97 Å². The number of H-pyrrole nitrogens is 2. The van der Waals surface area contributed by atoms with E-state index in [1.165, 1.54) is 0 Å². The number of fused-ring (bicyclic) bond motifs is 2. The summed E-state index contributed by atoms with van der Waals surface area (Å²) in [6.45, 7) is 0. The first-order valence-electron chi connectivity index (χ1n) is 6.08. The third-order valence-corrected chi connectivity index (χ3v) is 5.65. The lowest BCUT2D eigenvalue weighted by Crippen LogP contribution is -1.65. The minimum absolute atomic E-state index is 0.738. The van der Waals surface area contributed by atoms with Gasteiger partial charge in [0.15, 0.2) is 7.91 Å². The highest BCUT2D eigenvalue weighted by Crippen LogP contribution is 2.23. The predicted octanol–water partition coefficient (Wildman–Crippen LogP) is 7.22. The average molecular weight is 403 g/mol. The molecule has 4 rings (SSSR count). The van der Waals surface area contributed by atoms with Gasteiger partial charge in [-0.15, -0.1) is 22.7 Å². The molecule has 112 valence electrons. The monoisotopic (exact) mass is 402 g/mol. The summed E-state index contributed by atoms with van der Waals surface area (Å²) in [5.41, 5.74) is 2.08. The minimum atomic E-state index is 0.738. The van der Waals surface area contributed by atoms with Gasteiger partial charge in [-0.1, -0.05) is 23.2 Å². The van der Waals surface area contributed by atoms with Gasteiger partial charge in [0.25, 0.3) is 0 Å². The number of halogens is 2. The van der Waals surface area contributed by atoms with Crippen LogP contribution in [0.4, 0.5) is 0 Å². The van der Waals surface area contributed by atoms with E-state index in [1.807, 2.05) is 36.4 Å². The van der Waals surface area contributed by atoms with Crippen LogP contribution in [0.5, 0.6) is 0 Å². The highest BCUT2D eigenvalue weighted by atomic mass is 35.5. The number of hydrogen-bond donors (Lipinski definition) is 2. The third-order valence-electron chi connectivity index (χ3n) is 2.76. The van der Waals surface area contributed by atoms with Crippen molar-refractivity contribution in [1.82, 2.24) is 9.97 Å². The smallest absolute Gasteiger partial charge is 0.159 e. The van der Waals surface area contributed by atoms with Crippen LogP contribution >= 0.6 is 70.3 Å². The number of hydrogen-bond acceptors (Lipinski definition) is 4. The Bertz CT molecular complexity index is 972. The SMILES string of the molecule is S=c1[nH]c2cc(Cl)ccc2s1.S=c1[nH]c2ccc(Cl)cc2s1. The van der Waals surface area contributed by atoms with Crippen LogP contribution in [0.1, 0.15) is 0 Å². The molecule has 2 aromatic carbocycles. The van der Waals surface area contributed by atoms with Gasteiger partial charge >= 0.3 is 0 Å². The largest absolute Gasteiger partial charge is 0.337 e. The van der Waals surface area contributed by atoms with Crippen molar-refractivity contribution in [3.8, 4) is 0 Å². The van der Waals surface area contributed by atoms with Gasteiger partial charge < -0.3 is 9.97 Å². The van der Waals surface area contributed by atoms with Crippen LogP contribution in [0, 0.1) is 7.91 Å². The van der Waals surface area contributed by atoms with Crippen LogP contribution < -0.4 is 0 Å². The molecule has 0 saturated heterocycles. The summed E-state index contributed by atoms with van der Waals surface area (Å²) in [5, 5.41) is 1.49. The molecular weight excluding hydrogens is 395 g/mol. The maximum absolute atomic E-state index is 5.79. The Morgan fingerprint density at radius 1 is 0.727 bits per heavy atom. The Labute approximate surface area is 154 Å². The fourth-order valence-electron chi connectivity index (χ4n) is 1.84. The van der Waals surface area contributed by atoms with E-state index in [-0.39, 0.29) is 0 Å². The Hall–Kier alpha value is -0.760. The van der Waals surface area contributed by atoms with Gasteiger partial charge in [-0.25, -0.2) is 0 Å². The molecule has 0 bridgehead atoms. The van der Waals surface area contributed by atoms with Crippen molar-refractivity contribution in [3.05, 3.63) is 54.4 Å². The summed E-state index contributed by atoms with van der Waals surface area (Å²) < 4.78 is 3.85. The molecule has 0 aliphatic rings. The molecule has 2 aromatic heterocycles. The molecule has 0 aliphatic heterocycles. The van der Waals surface area contributed by atoms with Crippen molar-refractivity contribution >= 4 is 90.7 Å². The van der Waals surface area contributed by atoms with Crippen LogP contribution in [0.3, 0.4) is 0 Å². The first-order valence-corrected chi connectivity index (χ1v) is 9.28. The summed E-state index contributed by atoms with van der Waals surface area (Å²) in [6, 6.07) is 11.4. The van der Waals surface area contributed by atoms with Gasteiger partial charge in [0.05, 0.1) is 20.4 Å². The zero-order valence-corrected chi connectivity index (χ0v) is 15.6. The second-order valence-electron chi connectivity index (χ2n) is 4.31. The maximum Gasteiger partial charge on any atom is 0.159 e. The molecule has 22 heavy (non-hydrogen) atoms. The zero-order chi connectivity index (χ0) is 15.7. The van der Waals surface area contributed by atoms with Crippen molar-refractivity contribution in [2.24, 2.45) is 0 Å². The number of rotatable bonds is 0. The Morgan fingerprint density at radius 3 is 2.09 bits per heavy atom. The Kier molecular flexibility index (Phi) is 4.97. The molecule has 0 unspecified atom stereocenters. The fraction of sp³-hybridized carbons (Fsp3) is 0. The van der Waals surface area contributed by atoms with E-state index in [1.54, 1.807) is 22.7 Å². The van der Waals surface area contributed by atoms with Gasteiger partial charge in [-0.2, -0.15) is 0 Å². The molecule has 0 fully saturated rings. The summed E-state index contributed by atoms with van der Waals surface area (Å²) in [6.07, 6.45) is 0. The number of thiazole rings is 2. The molecule has 0 amide bonds. The van der Waals surface area contributed by atoms with Crippen molar-refractivity contribution in [3.63, 3.8) is 0 Å². The molecular formula is C14H8Cl2N2S4. The van der Waals surface area contributed by atoms with Crippen molar-refractivity contribution in [1.29, 1.82) is 0 Å². The Balaban J connectivity index is 0.000000131. The van der Waals surface area contributed by atoms with Crippen LogP contribution in [-0.2, 0) is 0 Å². The summed E-state index contributed by atoms with van der Waals surface area (Å²) >= 11 is 24.6. The first kappa shape index (κ1) is 16.1. The van der Waals surface area contributed by atoms with Crippen molar-refractivity contribution < 1.29 is 0 Å². The van der Waals surface area contributed by atoms with Crippen LogP contribution in [0.15, 0.2) is 36.4 Å². The highest BCUT2D eigenvalue weighted by Gasteiger charge is 1.96. The van der Waals surface area contributed by atoms with Gasteiger partial charge in [-0.05, 0) is 60.8 Å². The second-order valence-corrected chi connectivity index (χ2v) is 8.62. The van der Waals surface area contributed by atoms with Crippen molar-refractivity contribution in [2.75, 3.05) is 0 Å². The molecule has 0 saturated carbocycles. The summed E-state index contributed by atoms with van der Waals surface area (Å²) in [4.78, 5) is 6.11. The average Bonchev–Trinajstić information content (AvgIpc) is 2.99. The summed E-state index contributed by atoms with van der Waals surface area (Å²) in [5.74, 6) is 0. The molecule has 0 aliphatic carbocycles. The van der Waals surface area contributed by atoms with E-state index < -0.39 is 0 Å². The lowest BCUT2D eigenvalue weighted by atomic mass is 10.3. The number of benzene rings is 2. The van der Waals surface area contributed by atoms with Gasteiger partial charge in [0.2, 0.25) is 0 Å². The maximum atomic E-state index is 5.79. The first-order chi connectivity index (χ1) is 10.5. The molecule has 0 atom stereocenters. The Morgan fingerprint density at radius 2 is 1.32 bits per heavy atom. The number of aromatic amines is 2. The van der Waals surface area contributed by atoms with E-state index in [0.29, 0.717) is 0 Å². The second kappa shape index (κ2) is 6.78. The lowest BCUT2D eigenvalue weighted by molar-refractivity contribution is 1.47. The number of aromatic nitrogens is 2. The van der Waals surface area contributed by atoms with Crippen LogP contribution in [-0.4, -0.2) is 9.97 Å². The van der Waals surface area contributed by atoms with E-state index >= 15 is 0 Å². The minimum Gasteiger partial charge on any atom is -0.337 e. The zero-order valence-electron chi connectivity index (χ0n) is 10.9.